The number of nitrogens with zero attached hydrogens (tertiary/aromatic N) is 2. The average molecular weight is 405 g/mol. The monoisotopic (exact) mass is 404 g/mol. The Hall–Kier alpha value is -1.89. The highest BCUT2D eigenvalue weighted by molar-refractivity contribution is 7.91. The van der Waals surface area contributed by atoms with Gasteiger partial charge in [-0.1, -0.05) is 48.0 Å². The number of rotatable bonds is 3. The molecule has 27 heavy (non-hydrogen) atoms. The molecule has 0 unspecified atom stereocenters. The van der Waals surface area contributed by atoms with E-state index in [4.69, 9.17) is 11.6 Å². The van der Waals surface area contributed by atoms with Crippen molar-refractivity contribution < 1.29 is 13.2 Å². The van der Waals surface area contributed by atoms with Crippen LogP contribution in [0.4, 0.5) is 5.69 Å². The predicted molar refractivity (Wildman–Crippen MR) is 107 cm³/mol. The zero-order valence-corrected chi connectivity index (χ0v) is 16.5. The molecule has 1 amide bonds. The molecule has 0 aliphatic carbocycles. The van der Waals surface area contributed by atoms with Crippen molar-refractivity contribution in [3.8, 4) is 0 Å². The summed E-state index contributed by atoms with van der Waals surface area (Å²) in [6.45, 7) is 2.21. The van der Waals surface area contributed by atoms with Crippen molar-refractivity contribution in [2.24, 2.45) is 0 Å². The minimum Gasteiger partial charge on any atom is -0.306 e. The lowest BCUT2D eigenvalue weighted by Crippen LogP contribution is -2.62. The highest BCUT2D eigenvalue weighted by Gasteiger charge is 2.50. The highest BCUT2D eigenvalue weighted by Crippen LogP contribution is 2.36. The lowest BCUT2D eigenvalue weighted by molar-refractivity contribution is -0.124. The zero-order valence-electron chi connectivity index (χ0n) is 15.0. The summed E-state index contributed by atoms with van der Waals surface area (Å²) >= 11 is 6.10. The molecule has 0 aromatic heterocycles. The molecule has 7 heteroatoms. The topological polar surface area (TPSA) is 57.7 Å². The van der Waals surface area contributed by atoms with Crippen LogP contribution < -0.4 is 4.90 Å². The Morgan fingerprint density at radius 1 is 1.04 bits per heavy atom. The van der Waals surface area contributed by atoms with E-state index in [9.17, 15) is 13.2 Å². The van der Waals surface area contributed by atoms with Gasteiger partial charge in [-0.2, -0.15) is 0 Å². The number of fused-ring (bicyclic) bond motifs is 1. The number of carbonyl (C=O) groups excluding carboxylic acids is 1. The summed E-state index contributed by atoms with van der Waals surface area (Å²) < 4.78 is 24.9. The molecule has 0 N–H and O–H groups in total. The second-order valence-electron chi connectivity index (χ2n) is 7.21. The maximum absolute atomic E-state index is 13.1. The second-order valence-corrected chi connectivity index (χ2v) is 9.80. The van der Waals surface area contributed by atoms with Gasteiger partial charge >= 0.3 is 0 Å². The first-order chi connectivity index (χ1) is 12.9. The summed E-state index contributed by atoms with van der Waals surface area (Å²) in [7, 11) is -3.22. The van der Waals surface area contributed by atoms with Crippen LogP contribution in [0.5, 0.6) is 0 Å². The number of anilines is 1. The summed E-state index contributed by atoms with van der Waals surface area (Å²) in [5, 5.41) is 0.526. The van der Waals surface area contributed by atoms with E-state index in [1.54, 1.807) is 23.1 Å². The number of benzene rings is 2. The number of hydrogen-bond acceptors (Lipinski definition) is 4. The van der Waals surface area contributed by atoms with Gasteiger partial charge < -0.3 is 4.90 Å². The van der Waals surface area contributed by atoms with Crippen molar-refractivity contribution in [3.63, 3.8) is 0 Å². The van der Waals surface area contributed by atoms with Crippen LogP contribution in [0.2, 0.25) is 5.02 Å². The Morgan fingerprint density at radius 2 is 1.74 bits per heavy atom. The van der Waals surface area contributed by atoms with Gasteiger partial charge in [0.2, 0.25) is 5.91 Å². The molecular weight excluding hydrogens is 384 g/mol. The molecule has 2 saturated heterocycles. The van der Waals surface area contributed by atoms with Crippen molar-refractivity contribution in [1.29, 1.82) is 0 Å². The number of carbonyl (C=O) groups is 1. The maximum Gasteiger partial charge on any atom is 0.241 e. The zero-order chi connectivity index (χ0) is 19.2. The smallest absolute Gasteiger partial charge is 0.241 e. The lowest BCUT2D eigenvalue weighted by Gasteiger charge is -2.46. The first-order valence-electron chi connectivity index (χ1n) is 8.94. The van der Waals surface area contributed by atoms with Crippen molar-refractivity contribution >= 4 is 33.0 Å². The van der Waals surface area contributed by atoms with E-state index in [1.165, 1.54) is 0 Å². The van der Waals surface area contributed by atoms with Gasteiger partial charge in [0.25, 0.3) is 0 Å². The molecule has 0 spiro atoms. The van der Waals surface area contributed by atoms with Crippen molar-refractivity contribution in [3.05, 3.63) is 65.2 Å². The van der Waals surface area contributed by atoms with Crippen molar-refractivity contribution in [1.82, 2.24) is 4.90 Å². The van der Waals surface area contributed by atoms with Crippen LogP contribution >= 0.6 is 11.6 Å². The van der Waals surface area contributed by atoms with Crippen LogP contribution in [-0.2, 0) is 14.6 Å². The molecular formula is C20H21ClN2O3S. The number of amides is 1. The molecule has 2 aromatic carbocycles. The molecule has 0 saturated carbocycles. The average Bonchev–Trinajstić information content (AvgIpc) is 2.95. The third kappa shape index (κ3) is 3.49. The van der Waals surface area contributed by atoms with Crippen LogP contribution in [0.1, 0.15) is 18.5 Å². The molecule has 2 aliphatic heterocycles. The van der Waals surface area contributed by atoms with E-state index in [0.717, 1.165) is 5.56 Å². The first-order valence-corrected chi connectivity index (χ1v) is 11.1. The van der Waals surface area contributed by atoms with E-state index >= 15 is 0 Å². The molecule has 0 bridgehead atoms. The quantitative estimate of drug-likeness (QED) is 0.789. The Bertz CT molecular complexity index is 964. The summed E-state index contributed by atoms with van der Waals surface area (Å²) in [6, 6.07) is 16.3. The van der Waals surface area contributed by atoms with Gasteiger partial charge in [-0.3, -0.25) is 9.69 Å². The van der Waals surface area contributed by atoms with E-state index in [1.807, 2.05) is 48.2 Å². The normalized spacial score (nSPS) is 26.0. The van der Waals surface area contributed by atoms with Gasteiger partial charge in [0.1, 0.15) is 0 Å². The number of sulfone groups is 1. The fraction of sp³-hybridized carbons (Fsp3) is 0.350. The number of halogens is 1. The largest absolute Gasteiger partial charge is 0.306 e. The number of hydrogen-bond donors (Lipinski definition) is 0. The van der Waals surface area contributed by atoms with Crippen molar-refractivity contribution in [2.75, 3.05) is 23.0 Å². The number of piperazine rings is 1. The molecule has 142 valence electrons. The third-order valence-electron chi connectivity index (χ3n) is 5.50. The predicted octanol–water partition coefficient (Wildman–Crippen LogP) is 2.92. The molecule has 4 rings (SSSR count). The molecule has 2 aromatic rings. The van der Waals surface area contributed by atoms with E-state index < -0.39 is 15.9 Å². The minimum atomic E-state index is -3.22. The molecule has 2 aliphatic rings. The van der Waals surface area contributed by atoms with Crippen LogP contribution in [0.25, 0.3) is 0 Å². The van der Waals surface area contributed by atoms with Crippen LogP contribution in [-0.4, -0.2) is 49.4 Å². The van der Waals surface area contributed by atoms with Crippen LogP contribution in [0.15, 0.2) is 54.6 Å². The minimum absolute atomic E-state index is 0.0199. The fourth-order valence-corrected chi connectivity index (χ4v) is 6.36. The SMILES string of the molecule is C[C@@H](c1ccccc1)N1CC(=O)N(c2cccc(Cl)c2)[C@@H]2CS(=O)(=O)C[C@@H]21. The Labute approximate surface area is 164 Å². The van der Waals surface area contributed by atoms with E-state index in [-0.39, 0.29) is 36.0 Å². The molecule has 0 radical (unpaired) electrons. The van der Waals surface area contributed by atoms with Crippen molar-refractivity contribution in [2.45, 2.75) is 25.0 Å². The summed E-state index contributed by atoms with van der Waals surface area (Å²) in [6.07, 6.45) is 0. The van der Waals surface area contributed by atoms with Gasteiger partial charge in [0.15, 0.2) is 9.84 Å². The summed E-state index contributed by atoms with van der Waals surface area (Å²) in [4.78, 5) is 16.7. The lowest BCUT2D eigenvalue weighted by atomic mass is 9.98. The van der Waals surface area contributed by atoms with E-state index in [0.29, 0.717) is 10.7 Å². The van der Waals surface area contributed by atoms with Gasteiger partial charge in [-0.15, -0.1) is 0 Å². The standard InChI is InChI=1S/C20H21ClN2O3S/c1-14(15-6-3-2-4-7-15)22-11-20(24)23(17-9-5-8-16(21)10-17)19-13-27(25,26)12-18(19)22/h2-10,14,18-19H,11-13H2,1H3/t14-,18-,19+/m0/s1. The van der Waals surface area contributed by atoms with Gasteiger partial charge in [0.05, 0.1) is 24.1 Å². The first kappa shape index (κ1) is 18.5. The Morgan fingerprint density at radius 3 is 2.44 bits per heavy atom. The Balaban J connectivity index is 1.72. The summed E-state index contributed by atoms with van der Waals surface area (Å²) in [5.74, 6) is -0.0500. The fourth-order valence-electron chi connectivity index (χ4n) is 4.22. The Kier molecular flexibility index (Phi) is 4.74. The highest BCUT2D eigenvalue weighted by atomic mass is 35.5. The molecule has 2 fully saturated rings. The summed E-state index contributed by atoms with van der Waals surface area (Å²) in [5.41, 5.74) is 1.73. The van der Waals surface area contributed by atoms with Gasteiger partial charge in [0, 0.05) is 22.8 Å². The van der Waals surface area contributed by atoms with Gasteiger partial charge in [-0.05, 0) is 30.7 Å². The van der Waals surface area contributed by atoms with Gasteiger partial charge in [-0.25, -0.2) is 8.42 Å². The van der Waals surface area contributed by atoms with E-state index in [2.05, 4.69) is 0 Å². The third-order valence-corrected chi connectivity index (χ3v) is 7.44. The molecule has 5 nitrogen and oxygen atoms in total. The molecule has 2 heterocycles. The van der Waals surface area contributed by atoms with Crippen LogP contribution in [0, 0.1) is 0 Å². The second kappa shape index (κ2) is 6.93. The molecule has 3 atom stereocenters. The van der Waals surface area contributed by atoms with Crippen LogP contribution in [0.3, 0.4) is 0 Å². The maximum atomic E-state index is 13.1.